The normalized spacial score (nSPS) is 11.9. The Bertz CT molecular complexity index is 900. The minimum atomic E-state index is -0.363. The van der Waals surface area contributed by atoms with E-state index in [1.165, 1.54) is 16.4 Å². The number of nitrogen functional groups attached to an aromatic ring is 1. The first-order valence-corrected chi connectivity index (χ1v) is 9.25. The van der Waals surface area contributed by atoms with Crippen LogP contribution in [0.2, 0.25) is 5.02 Å². The van der Waals surface area contributed by atoms with Crippen molar-refractivity contribution in [2.45, 2.75) is 23.9 Å². The summed E-state index contributed by atoms with van der Waals surface area (Å²) >= 11 is 7.26. The second-order valence-corrected chi connectivity index (χ2v) is 7.39. The summed E-state index contributed by atoms with van der Waals surface area (Å²) in [6, 6.07) is 17.0. The van der Waals surface area contributed by atoms with Gasteiger partial charge in [0.2, 0.25) is 11.1 Å². The Morgan fingerprint density at radius 1 is 1.23 bits per heavy atom. The van der Waals surface area contributed by atoms with Crippen LogP contribution in [0.1, 0.15) is 12.5 Å². The maximum absolute atomic E-state index is 12.3. The molecule has 2 aromatic carbocycles. The molecule has 3 N–H and O–H groups in total. The third-order valence-electron chi connectivity index (χ3n) is 3.71. The molecule has 134 valence electrons. The molecule has 1 amide bonds. The van der Waals surface area contributed by atoms with Crippen molar-refractivity contribution in [1.82, 2.24) is 20.2 Å². The van der Waals surface area contributed by atoms with Gasteiger partial charge in [0.05, 0.1) is 5.25 Å². The fraction of sp³-hybridized carbons (Fsp3) is 0.167. The summed E-state index contributed by atoms with van der Waals surface area (Å²) in [5.74, 6) is 6.50. The Kier molecular flexibility index (Phi) is 5.80. The fourth-order valence-electron chi connectivity index (χ4n) is 2.32. The van der Waals surface area contributed by atoms with Gasteiger partial charge in [0.1, 0.15) is 0 Å². The Morgan fingerprint density at radius 3 is 2.73 bits per heavy atom. The molecule has 0 saturated heterocycles. The number of carbonyl (C=O) groups is 1. The lowest BCUT2D eigenvalue weighted by Gasteiger charge is -2.11. The average Bonchev–Trinajstić information content (AvgIpc) is 3.01. The molecule has 1 heterocycles. The molecule has 1 aromatic heterocycles. The van der Waals surface area contributed by atoms with Crippen LogP contribution >= 0.6 is 23.4 Å². The molecule has 0 radical (unpaired) electrons. The average molecular weight is 388 g/mol. The van der Waals surface area contributed by atoms with Gasteiger partial charge in [-0.2, -0.15) is 0 Å². The lowest BCUT2D eigenvalue weighted by atomic mass is 10.2. The number of carbonyl (C=O) groups excluding carboxylic acids is 1. The summed E-state index contributed by atoms with van der Waals surface area (Å²) in [6.07, 6.45) is 0. The van der Waals surface area contributed by atoms with Gasteiger partial charge in [0.15, 0.2) is 5.82 Å². The number of halogens is 1. The van der Waals surface area contributed by atoms with E-state index in [0.717, 1.165) is 11.1 Å². The van der Waals surface area contributed by atoms with Gasteiger partial charge in [-0.1, -0.05) is 65.8 Å². The smallest absolute Gasteiger partial charge is 0.233 e. The van der Waals surface area contributed by atoms with E-state index in [4.69, 9.17) is 17.4 Å². The van der Waals surface area contributed by atoms with E-state index in [0.29, 0.717) is 22.5 Å². The maximum Gasteiger partial charge on any atom is 0.233 e. The first kappa shape index (κ1) is 18.3. The SMILES string of the molecule is CC(Sc1nnc(-c2cccc(Cl)c2)n1N)C(=O)NCc1ccccc1. The molecule has 1 atom stereocenters. The first-order valence-electron chi connectivity index (χ1n) is 7.99. The molecule has 8 heteroatoms. The topological polar surface area (TPSA) is 85.8 Å². The molecule has 3 aromatic rings. The molecule has 0 aliphatic carbocycles. The van der Waals surface area contributed by atoms with Gasteiger partial charge < -0.3 is 11.2 Å². The highest BCUT2D eigenvalue weighted by atomic mass is 35.5. The van der Waals surface area contributed by atoms with E-state index in [1.54, 1.807) is 19.1 Å². The molecule has 0 saturated carbocycles. The van der Waals surface area contributed by atoms with Crippen LogP contribution in [0.5, 0.6) is 0 Å². The molecule has 0 aliphatic heterocycles. The molecular formula is C18H18ClN5OS. The molecular weight excluding hydrogens is 370 g/mol. The summed E-state index contributed by atoms with van der Waals surface area (Å²) in [5, 5.41) is 11.8. The van der Waals surface area contributed by atoms with Crippen molar-refractivity contribution in [3.8, 4) is 11.4 Å². The number of hydrogen-bond acceptors (Lipinski definition) is 5. The van der Waals surface area contributed by atoms with Gasteiger partial charge in [0.25, 0.3) is 0 Å². The van der Waals surface area contributed by atoms with Crippen LogP contribution in [0.15, 0.2) is 59.8 Å². The zero-order valence-electron chi connectivity index (χ0n) is 14.1. The summed E-state index contributed by atoms with van der Waals surface area (Å²) in [4.78, 5) is 12.3. The van der Waals surface area contributed by atoms with Crippen LogP contribution < -0.4 is 11.2 Å². The summed E-state index contributed by atoms with van der Waals surface area (Å²) in [7, 11) is 0. The molecule has 1 unspecified atom stereocenters. The molecule has 0 bridgehead atoms. The van der Waals surface area contributed by atoms with E-state index in [1.807, 2.05) is 42.5 Å². The Labute approximate surface area is 160 Å². The number of nitrogens with one attached hydrogen (secondary N) is 1. The number of amides is 1. The Balaban J connectivity index is 1.64. The fourth-order valence-corrected chi connectivity index (χ4v) is 3.31. The standard InChI is InChI=1S/C18H18ClN5OS/c1-12(17(25)21-11-13-6-3-2-4-7-13)26-18-23-22-16(24(18)20)14-8-5-9-15(19)10-14/h2-10,12H,11,20H2,1H3,(H,21,25). The van der Waals surface area contributed by atoms with Crippen molar-refractivity contribution in [3.63, 3.8) is 0 Å². The van der Waals surface area contributed by atoms with Crippen LogP contribution in [0.25, 0.3) is 11.4 Å². The molecule has 26 heavy (non-hydrogen) atoms. The highest BCUT2D eigenvalue weighted by Gasteiger charge is 2.19. The summed E-state index contributed by atoms with van der Waals surface area (Å²) < 4.78 is 1.37. The number of aromatic nitrogens is 3. The minimum absolute atomic E-state index is 0.0915. The second kappa shape index (κ2) is 8.25. The third-order valence-corrected chi connectivity index (χ3v) is 5.00. The van der Waals surface area contributed by atoms with Crippen LogP contribution in [-0.2, 0) is 11.3 Å². The monoisotopic (exact) mass is 387 g/mol. The van der Waals surface area contributed by atoms with E-state index in [9.17, 15) is 4.79 Å². The number of hydrogen-bond donors (Lipinski definition) is 2. The molecule has 0 spiro atoms. The predicted octanol–water partition coefficient (Wildman–Crippen LogP) is 3.11. The van der Waals surface area contributed by atoms with E-state index in [-0.39, 0.29) is 11.2 Å². The number of benzene rings is 2. The zero-order chi connectivity index (χ0) is 18.5. The number of nitrogens with two attached hydrogens (primary N) is 1. The maximum atomic E-state index is 12.3. The van der Waals surface area contributed by atoms with Gasteiger partial charge in [0, 0.05) is 17.1 Å². The lowest BCUT2D eigenvalue weighted by Crippen LogP contribution is -2.30. The Hall–Kier alpha value is -2.51. The molecule has 6 nitrogen and oxygen atoms in total. The highest BCUT2D eigenvalue weighted by Crippen LogP contribution is 2.26. The highest BCUT2D eigenvalue weighted by molar-refractivity contribution is 8.00. The Morgan fingerprint density at radius 2 is 2.00 bits per heavy atom. The molecule has 0 fully saturated rings. The van der Waals surface area contributed by atoms with E-state index < -0.39 is 0 Å². The second-order valence-electron chi connectivity index (χ2n) is 5.65. The van der Waals surface area contributed by atoms with Gasteiger partial charge in [-0.15, -0.1) is 10.2 Å². The van der Waals surface area contributed by atoms with Crippen LogP contribution in [-0.4, -0.2) is 26.0 Å². The van der Waals surface area contributed by atoms with Crippen molar-refractivity contribution >= 4 is 29.3 Å². The van der Waals surface area contributed by atoms with E-state index in [2.05, 4.69) is 15.5 Å². The predicted molar refractivity (Wildman–Crippen MR) is 104 cm³/mol. The number of thioether (sulfide) groups is 1. The van der Waals surface area contributed by atoms with Gasteiger partial charge in [-0.25, -0.2) is 4.68 Å². The minimum Gasteiger partial charge on any atom is -0.351 e. The van der Waals surface area contributed by atoms with Gasteiger partial charge >= 0.3 is 0 Å². The van der Waals surface area contributed by atoms with Crippen LogP contribution in [0, 0.1) is 0 Å². The zero-order valence-corrected chi connectivity index (χ0v) is 15.7. The van der Waals surface area contributed by atoms with Crippen molar-refractivity contribution in [2.75, 3.05) is 5.84 Å². The summed E-state index contributed by atoms with van der Waals surface area (Å²) in [5.41, 5.74) is 1.81. The van der Waals surface area contributed by atoms with Crippen LogP contribution in [0.3, 0.4) is 0 Å². The largest absolute Gasteiger partial charge is 0.351 e. The van der Waals surface area contributed by atoms with Crippen molar-refractivity contribution < 1.29 is 4.79 Å². The lowest BCUT2D eigenvalue weighted by molar-refractivity contribution is -0.120. The van der Waals surface area contributed by atoms with Crippen molar-refractivity contribution in [2.24, 2.45) is 0 Å². The number of rotatable bonds is 6. The first-order chi connectivity index (χ1) is 12.5. The summed E-state index contributed by atoms with van der Waals surface area (Å²) in [6.45, 7) is 2.28. The van der Waals surface area contributed by atoms with Crippen molar-refractivity contribution in [1.29, 1.82) is 0 Å². The molecule has 3 rings (SSSR count). The van der Waals surface area contributed by atoms with Gasteiger partial charge in [-0.3, -0.25) is 4.79 Å². The van der Waals surface area contributed by atoms with E-state index >= 15 is 0 Å². The van der Waals surface area contributed by atoms with Crippen molar-refractivity contribution in [3.05, 3.63) is 65.2 Å². The third kappa shape index (κ3) is 4.36. The van der Waals surface area contributed by atoms with Crippen LogP contribution in [0.4, 0.5) is 0 Å². The van der Waals surface area contributed by atoms with Gasteiger partial charge in [-0.05, 0) is 24.6 Å². The molecule has 0 aliphatic rings. The quantitative estimate of drug-likeness (QED) is 0.501. The number of nitrogens with zero attached hydrogens (tertiary/aromatic N) is 3.